The fraction of sp³-hybridized carbons (Fsp3) is 0.192. The lowest BCUT2D eigenvalue weighted by molar-refractivity contribution is 0.0695. The SMILES string of the molecule is CCOc1c(NC(=O)c2ccc(N)cc2)ccc(C(=O)Nc2ccc(C(=O)O)cc2OC(C)C)c1O. The largest absolute Gasteiger partial charge is 0.504 e. The van der Waals surface area contributed by atoms with E-state index >= 15 is 0 Å². The predicted octanol–water partition coefficient (Wildman–Crippen LogP) is 4.36. The standard InChI is InChI=1S/C26H27N3O7/c1-4-35-23-20(29-24(31)15-5-8-17(27)9-6-15)12-10-18(22(23)30)25(32)28-19-11-7-16(26(33)34)13-21(19)36-14(2)3/h5-14,30H,4,27H2,1-3H3,(H,28,32)(H,29,31)(H,33,34). The molecule has 10 nitrogen and oxygen atoms in total. The zero-order valence-electron chi connectivity index (χ0n) is 20.0. The first-order valence-electron chi connectivity index (χ1n) is 11.1. The molecule has 0 radical (unpaired) electrons. The molecule has 10 heteroatoms. The number of aromatic carboxylic acids is 1. The zero-order valence-corrected chi connectivity index (χ0v) is 20.0. The summed E-state index contributed by atoms with van der Waals surface area (Å²) in [5.41, 5.74) is 6.77. The summed E-state index contributed by atoms with van der Waals surface area (Å²) < 4.78 is 11.2. The van der Waals surface area contributed by atoms with Gasteiger partial charge in [-0.15, -0.1) is 0 Å². The molecule has 6 N–H and O–H groups in total. The van der Waals surface area contributed by atoms with E-state index < -0.39 is 23.5 Å². The number of nitrogens with two attached hydrogens (primary N) is 1. The summed E-state index contributed by atoms with van der Waals surface area (Å²) in [5, 5.41) is 25.4. The number of hydrogen-bond donors (Lipinski definition) is 5. The minimum atomic E-state index is -1.14. The number of carboxylic acids is 1. The Morgan fingerprint density at radius 3 is 2.14 bits per heavy atom. The number of nitrogen functional groups attached to an aromatic ring is 1. The van der Waals surface area contributed by atoms with Crippen molar-refractivity contribution in [2.24, 2.45) is 0 Å². The van der Waals surface area contributed by atoms with Gasteiger partial charge in [0.2, 0.25) is 0 Å². The molecule has 0 saturated carbocycles. The summed E-state index contributed by atoms with van der Waals surface area (Å²) in [7, 11) is 0. The topological polar surface area (TPSA) is 160 Å². The van der Waals surface area contributed by atoms with Crippen molar-refractivity contribution >= 4 is 34.8 Å². The van der Waals surface area contributed by atoms with Gasteiger partial charge in [0.1, 0.15) is 5.75 Å². The average molecular weight is 494 g/mol. The van der Waals surface area contributed by atoms with Crippen molar-refractivity contribution in [1.82, 2.24) is 0 Å². The molecule has 0 bridgehead atoms. The van der Waals surface area contributed by atoms with Gasteiger partial charge in [0.25, 0.3) is 11.8 Å². The highest BCUT2D eigenvalue weighted by molar-refractivity contribution is 6.10. The van der Waals surface area contributed by atoms with Gasteiger partial charge in [-0.05, 0) is 75.4 Å². The maximum absolute atomic E-state index is 13.0. The summed E-state index contributed by atoms with van der Waals surface area (Å²) in [6.07, 6.45) is -0.286. The molecule has 0 fully saturated rings. The fourth-order valence-corrected chi connectivity index (χ4v) is 3.27. The molecule has 0 spiro atoms. The Balaban J connectivity index is 1.90. The Hall–Kier alpha value is -4.73. The Kier molecular flexibility index (Phi) is 8.00. The van der Waals surface area contributed by atoms with E-state index in [4.69, 9.17) is 15.2 Å². The van der Waals surface area contributed by atoms with Crippen LogP contribution in [0.2, 0.25) is 0 Å². The molecule has 0 aliphatic rings. The summed E-state index contributed by atoms with van der Waals surface area (Å²) in [4.78, 5) is 37.0. The number of phenolic OH excluding ortho intramolecular Hbond substituents is 1. The molecule has 0 aromatic heterocycles. The average Bonchev–Trinajstić information content (AvgIpc) is 2.82. The predicted molar refractivity (Wildman–Crippen MR) is 135 cm³/mol. The highest BCUT2D eigenvalue weighted by Gasteiger charge is 2.22. The molecule has 0 atom stereocenters. The molecule has 3 aromatic rings. The molecule has 36 heavy (non-hydrogen) atoms. The van der Waals surface area contributed by atoms with E-state index in [-0.39, 0.29) is 46.7 Å². The van der Waals surface area contributed by atoms with Gasteiger partial charge >= 0.3 is 5.97 Å². The minimum Gasteiger partial charge on any atom is -0.504 e. The monoisotopic (exact) mass is 493 g/mol. The van der Waals surface area contributed by atoms with Gasteiger partial charge in [-0.25, -0.2) is 4.79 Å². The highest BCUT2D eigenvalue weighted by atomic mass is 16.5. The molecule has 0 saturated heterocycles. The molecule has 3 aromatic carbocycles. The van der Waals surface area contributed by atoms with Crippen LogP contribution in [0.4, 0.5) is 17.1 Å². The molecular formula is C26H27N3O7. The van der Waals surface area contributed by atoms with Crippen LogP contribution in [0.15, 0.2) is 54.6 Å². The number of rotatable bonds is 9. The van der Waals surface area contributed by atoms with Crippen molar-refractivity contribution in [1.29, 1.82) is 0 Å². The first-order valence-corrected chi connectivity index (χ1v) is 11.1. The molecule has 0 heterocycles. The summed E-state index contributed by atoms with van der Waals surface area (Å²) in [6, 6.07) is 13.1. The number of aromatic hydroxyl groups is 1. The number of anilines is 3. The second-order valence-corrected chi connectivity index (χ2v) is 7.98. The van der Waals surface area contributed by atoms with Crippen molar-refractivity contribution in [2.45, 2.75) is 26.9 Å². The van der Waals surface area contributed by atoms with E-state index in [1.807, 2.05) is 0 Å². The van der Waals surface area contributed by atoms with Crippen LogP contribution in [0.5, 0.6) is 17.2 Å². The molecule has 188 valence electrons. The van der Waals surface area contributed by atoms with Crippen LogP contribution in [0.3, 0.4) is 0 Å². The van der Waals surface area contributed by atoms with Crippen LogP contribution in [0, 0.1) is 0 Å². The van der Waals surface area contributed by atoms with Crippen LogP contribution in [0.1, 0.15) is 51.8 Å². The molecule has 0 aliphatic heterocycles. The first-order chi connectivity index (χ1) is 17.1. The lowest BCUT2D eigenvalue weighted by atomic mass is 10.1. The van der Waals surface area contributed by atoms with Crippen LogP contribution >= 0.6 is 0 Å². The van der Waals surface area contributed by atoms with Gasteiger partial charge in [-0.1, -0.05) is 0 Å². The highest BCUT2D eigenvalue weighted by Crippen LogP contribution is 2.39. The second kappa shape index (κ2) is 11.1. The number of carbonyl (C=O) groups is 3. The molecule has 0 unspecified atom stereocenters. The van der Waals surface area contributed by atoms with E-state index in [2.05, 4.69) is 10.6 Å². The maximum Gasteiger partial charge on any atom is 0.335 e. The quantitative estimate of drug-likeness (QED) is 0.275. The Bertz CT molecular complexity index is 1290. The fourth-order valence-electron chi connectivity index (χ4n) is 3.27. The normalized spacial score (nSPS) is 10.6. The van der Waals surface area contributed by atoms with Gasteiger partial charge < -0.3 is 36.1 Å². The van der Waals surface area contributed by atoms with Gasteiger partial charge in [-0.3, -0.25) is 9.59 Å². The van der Waals surface area contributed by atoms with Crippen molar-refractivity contribution in [3.63, 3.8) is 0 Å². The summed E-state index contributed by atoms with van der Waals surface area (Å²) in [6.45, 7) is 5.37. The Labute approximate surface area is 207 Å². The van der Waals surface area contributed by atoms with Crippen molar-refractivity contribution in [2.75, 3.05) is 23.0 Å². The Morgan fingerprint density at radius 2 is 1.53 bits per heavy atom. The number of amides is 2. The molecule has 0 aliphatic carbocycles. The third-order valence-electron chi connectivity index (χ3n) is 4.93. The Morgan fingerprint density at radius 1 is 0.917 bits per heavy atom. The van der Waals surface area contributed by atoms with Crippen LogP contribution in [-0.4, -0.2) is 40.7 Å². The lowest BCUT2D eigenvalue weighted by Crippen LogP contribution is -2.17. The summed E-state index contributed by atoms with van der Waals surface area (Å²) >= 11 is 0. The smallest absolute Gasteiger partial charge is 0.335 e. The van der Waals surface area contributed by atoms with Gasteiger partial charge in [0.05, 0.1) is 35.2 Å². The number of benzene rings is 3. The van der Waals surface area contributed by atoms with Crippen molar-refractivity contribution in [3.8, 4) is 17.2 Å². The third kappa shape index (κ3) is 6.03. The van der Waals surface area contributed by atoms with Crippen LogP contribution in [-0.2, 0) is 0 Å². The van der Waals surface area contributed by atoms with E-state index in [9.17, 15) is 24.6 Å². The van der Waals surface area contributed by atoms with Crippen molar-refractivity contribution < 1.29 is 34.1 Å². The maximum atomic E-state index is 13.0. The van der Waals surface area contributed by atoms with Crippen molar-refractivity contribution in [3.05, 3.63) is 71.3 Å². The summed E-state index contributed by atoms with van der Waals surface area (Å²) in [5.74, 6) is -2.68. The van der Waals surface area contributed by atoms with Crippen LogP contribution in [0.25, 0.3) is 0 Å². The third-order valence-corrected chi connectivity index (χ3v) is 4.93. The number of hydrogen-bond acceptors (Lipinski definition) is 7. The van der Waals surface area contributed by atoms with Crippen LogP contribution < -0.4 is 25.8 Å². The first kappa shape index (κ1) is 25.9. The van der Waals surface area contributed by atoms with E-state index in [0.717, 1.165) is 0 Å². The molecule has 3 rings (SSSR count). The van der Waals surface area contributed by atoms with E-state index in [1.54, 1.807) is 45.0 Å². The zero-order chi connectivity index (χ0) is 26.4. The molecule has 2 amide bonds. The van der Waals surface area contributed by atoms with Gasteiger partial charge in [0, 0.05) is 11.3 Å². The van der Waals surface area contributed by atoms with E-state index in [0.29, 0.717) is 11.3 Å². The second-order valence-electron chi connectivity index (χ2n) is 7.98. The number of ether oxygens (including phenoxy) is 2. The lowest BCUT2D eigenvalue weighted by Gasteiger charge is -2.18. The molecular weight excluding hydrogens is 466 g/mol. The van der Waals surface area contributed by atoms with E-state index in [1.165, 1.54) is 30.3 Å². The number of carboxylic acid groups (broad SMARTS) is 1. The number of phenols is 1. The number of carbonyl (C=O) groups excluding carboxylic acids is 2. The van der Waals surface area contributed by atoms with Gasteiger partial charge in [-0.2, -0.15) is 0 Å². The number of nitrogens with one attached hydrogen (secondary N) is 2. The van der Waals surface area contributed by atoms with Gasteiger partial charge in [0.15, 0.2) is 11.5 Å². The minimum absolute atomic E-state index is 0.00803.